The van der Waals surface area contributed by atoms with Crippen molar-refractivity contribution in [2.45, 2.75) is 13.3 Å². The second-order valence-electron chi connectivity index (χ2n) is 3.46. The molecular formula is C10H16P+. The van der Waals surface area contributed by atoms with Crippen LogP contribution in [-0.4, -0.2) is 19.5 Å². The minimum Gasteiger partial charge on any atom is -0.0753 e. The second-order valence-corrected chi connectivity index (χ2v) is 7.76. The summed E-state index contributed by atoms with van der Waals surface area (Å²) < 4.78 is 0. The molecule has 0 bridgehead atoms. The summed E-state index contributed by atoms with van der Waals surface area (Å²) in [5.41, 5.74) is 3.31. The van der Waals surface area contributed by atoms with E-state index in [0.29, 0.717) is 0 Å². The van der Waals surface area contributed by atoms with E-state index in [4.69, 9.17) is 0 Å². The van der Waals surface area contributed by atoms with Gasteiger partial charge >= 0.3 is 0 Å². The Labute approximate surface area is 70.0 Å². The summed E-state index contributed by atoms with van der Waals surface area (Å²) in [6.07, 6.45) is 8.97. The van der Waals surface area contributed by atoms with Crippen molar-refractivity contribution in [2.75, 3.05) is 19.5 Å². The summed E-state index contributed by atoms with van der Waals surface area (Å²) in [5.74, 6) is 0. The first-order chi connectivity index (χ1) is 5.17. The van der Waals surface area contributed by atoms with Crippen LogP contribution in [0.2, 0.25) is 0 Å². The lowest BCUT2D eigenvalue weighted by Gasteiger charge is -2.14. The first kappa shape index (κ1) is 8.78. The molecule has 0 heterocycles. The van der Waals surface area contributed by atoms with Crippen LogP contribution >= 0.6 is 7.26 Å². The van der Waals surface area contributed by atoms with Gasteiger partial charge in [-0.05, 0) is 24.6 Å². The average molecular weight is 167 g/mol. The van der Waals surface area contributed by atoms with Gasteiger partial charge in [0, 0.05) is 7.26 Å². The van der Waals surface area contributed by atoms with E-state index in [0.717, 1.165) is 0 Å². The Bertz CT molecular complexity index is 227. The van der Waals surface area contributed by atoms with Crippen molar-refractivity contribution in [1.82, 2.24) is 0 Å². The third-order valence-electron chi connectivity index (χ3n) is 2.02. The van der Waals surface area contributed by atoms with Gasteiger partial charge in [0.15, 0.2) is 0 Å². The Morgan fingerprint density at radius 3 is 2.64 bits per heavy atom. The molecule has 0 saturated heterocycles. The lowest BCUT2D eigenvalue weighted by atomic mass is 10.6. The molecule has 0 N–H and O–H groups in total. The summed E-state index contributed by atoms with van der Waals surface area (Å²) in [5, 5.41) is 1.46. The van der Waals surface area contributed by atoms with Gasteiger partial charge in [-0.15, -0.1) is 0 Å². The molecule has 1 aliphatic carbocycles. The normalized spacial score (nSPS) is 15.7. The van der Waals surface area contributed by atoms with Gasteiger partial charge in [0.2, 0.25) is 0 Å². The standard InChI is InChI=1S/C10H16P/c1-4-9-11(2,3)10-7-5-6-8-10/h5-7H,4,9H2,1-3H3/q+1. The van der Waals surface area contributed by atoms with Crippen molar-refractivity contribution in [3.63, 3.8) is 0 Å². The molecule has 0 radical (unpaired) electrons. The van der Waals surface area contributed by atoms with Crippen molar-refractivity contribution >= 4 is 7.26 Å². The molecule has 1 heteroatoms. The van der Waals surface area contributed by atoms with E-state index in [9.17, 15) is 0 Å². The molecule has 0 spiro atoms. The number of allylic oxidation sites excluding steroid dienone is 3. The fourth-order valence-electron chi connectivity index (χ4n) is 1.38. The molecule has 1 rings (SSSR count). The minimum absolute atomic E-state index is 0.803. The van der Waals surface area contributed by atoms with Crippen LogP contribution in [0.1, 0.15) is 13.3 Å². The van der Waals surface area contributed by atoms with Crippen LogP contribution in [0.4, 0.5) is 0 Å². The minimum atomic E-state index is -0.803. The lowest BCUT2D eigenvalue weighted by molar-refractivity contribution is 1.09. The van der Waals surface area contributed by atoms with E-state index in [2.05, 4.69) is 38.1 Å². The number of rotatable bonds is 3. The van der Waals surface area contributed by atoms with Gasteiger partial charge in [0.05, 0.1) is 19.5 Å². The summed E-state index contributed by atoms with van der Waals surface area (Å²) >= 11 is 0. The summed E-state index contributed by atoms with van der Waals surface area (Å²) in [6, 6.07) is 0. The third-order valence-corrected chi connectivity index (χ3v) is 5.16. The maximum Gasteiger partial charge on any atom is 0.135 e. The van der Waals surface area contributed by atoms with Gasteiger partial charge in [-0.3, -0.25) is 0 Å². The summed E-state index contributed by atoms with van der Waals surface area (Å²) in [7, 11) is -0.803. The second kappa shape index (κ2) is 3.39. The molecule has 1 aliphatic rings. The fourth-order valence-corrected chi connectivity index (χ4v) is 3.65. The van der Waals surface area contributed by atoms with Crippen LogP contribution in [0, 0.1) is 0 Å². The highest BCUT2D eigenvalue weighted by molar-refractivity contribution is 7.78. The monoisotopic (exact) mass is 167 g/mol. The largest absolute Gasteiger partial charge is 0.135 e. The summed E-state index contributed by atoms with van der Waals surface area (Å²) in [6.45, 7) is 7.04. The van der Waals surface area contributed by atoms with Gasteiger partial charge in [0.25, 0.3) is 0 Å². The molecule has 0 fully saturated rings. The molecule has 0 unspecified atom stereocenters. The SMILES string of the molecule is CCC[P+](C)(C)C1=C=CC=C1. The van der Waals surface area contributed by atoms with Gasteiger partial charge < -0.3 is 0 Å². The predicted molar refractivity (Wildman–Crippen MR) is 54.7 cm³/mol. The zero-order valence-electron chi connectivity index (χ0n) is 7.59. The van der Waals surface area contributed by atoms with E-state index in [1.807, 2.05) is 6.08 Å². The highest BCUT2D eigenvalue weighted by Gasteiger charge is 2.28. The van der Waals surface area contributed by atoms with Crippen LogP contribution in [0.3, 0.4) is 0 Å². The van der Waals surface area contributed by atoms with Gasteiger partial charge in [-0.1, -0.05) is 12.7 Å². The van der Waals surface area contributed by atoms with Crippen molar-refractivity contribution in [3.8, 4) is 0 Å². The molecule has 0 aromatic heterocycles. The number of hydrogen-bond donors (Lipinski definition) is 0. The Kier molecular flexibility index (Phi) is 2.71. The van der Waals surface area contributed by atoms with E-state index in [1.165, 1.54) is 17.9 Å². The molecule has 0 aromatic rings. The highest BCUT2D eigenvalue weighted by atomic mass is 31.2. The molecular weight excluding hydrogens is 151 g/mol. The number of hydrogen-bond acceptors (Lipinski definition) is 0. The van der Waals surface area contributed by atoms with Crippen molar-refractivity contribution in [3.05, 3.63) is 29.3 Å². The van der Waals surface area contributed by atoms with Gasteiger partial charge in [0.1, 0.15) is 5.31 Å². The Morgan fingerprint density at radius 1 is 1.45 bits per heavy atom. The smallest absolute Gasteiger partial charge is 0.0753 e. The molecule has 0 amide bonds. The molecule has 0 nitrogen and oxygen atoms in total. The van der Waals surface area contributed by atoms with Gasteiger partial charge in [-0.2, -0.15) is 0 Å². The lowest BCUT2D eigenvalue weighted by Crippen LogP contribution is -1.94. The third kappa shape index (κ3) is 2.06. The summed E-state index contributed by atoms with van der Waals surface area (Å²) in [4.78, 5) is 0. The van der Waals surface area contributed by atoms with Crippen molar-refractivity contribution in [1.29, 1.82) is 0 Å². The Hall–Kier alpha value is -0.310. The first-order valence-electron chi connectivity index (χ1n) is 4.14. The van der Waals surface area contributed by atoms with Crippen LogP contribution in [0.5, 0.6) is 0 Å². The van der Waals surface area contributed by atoms with E-state index >= 15 is 0 Å². The maximum atomic E-state index is 3.31. The molecule has 0 atom stereocenters. The highest BCUT2D eigenvalue weighted by Crippen LogP contribution is 2.60. The fraction of sp³-hybridized carbons (Fsp3) is 0.500. The predicted octanol–water partition coefficient (Wildman–Crippen LogP) is 3.28. The molecule has 0 aliphatic heterocycles. The van der Waals surface area contributed by atoms with Crippen LogP contribution in [0.25, 0.3) is 0 Å². The maximum absolute atomic E-state index is 3.31. The van der Waals surface area contributed by atoms with Crippen LogP contribution in [-0.2, 0) is 0 Å². The zero-order chi connectivity index (χ0) is 8.32. The Balaban J connectivity index is 2.72. The van der Waals surface area contributed by atoms with Crippen LogP contribution in [0.15, 0.2) is 29.3 Å². The molecule has 0 saturated carbocycles. The van der Waals surface area contributed by atoms with Crippen molar-refractivity contribution < 1.29 is 0 Å². The van der Waals surface area contributed by atoms with E-state index in [-0.39, 0.29) is 0 Å². The average Bonchev–Trinajstić information content (AvgIpc) is 2.37. The topological polar surface area (TPSA) is 0 Å². The van der Waals surface area contributed by atoms with E-state index < -0.39 is 7.26 Å². The first-order valence-corrected chi connectivity index (χ1v) is 7.00. The van der Waals surface area contributed by atoms with E-state index in [1.54, 1.807) is 0 Å². The molecule has 11 heavy (non-hydrogen) atoms. The van der Waals surface area contributed by atoms with Crippen LogP contribution < -0.4 is 0 Å². The Morgan fingerprint density at radius 2 is 2.18 bits per heavy atom. The molecule has 0 aromatic carbocycles. The molecule has 60 valence electrons. The van der Waals surface area contributed by atoms with Crippen molar-refractivity contribution in [2.24, 2.45) is 0 Å². The quantitative estimate of drug-likeness (QED) is 0.447. The van der Waals surface area contributed by atoms with Gasteiger partial charge in [-0.25, -0.2) is 0 Å². The zero-order valence-corrected chi connectivity index (χ0v) is 8.49.